The second-order valence-corrected chi connectivity index (χ2v) is 9.81. The van der Waals surface area contributed by atoms with Crippen LogP contribution in [0.25, 0.3) is 11.1 Å². The van der Waals surface area contributed by atoms with Crippen LogP contribution >= 0.6 is 11.8 Å². The molecule has 0 radical (unpaired) electrons. The minimum absolute atomic E-state index is 0. The molecule has 1 amide bonds. The van der Waals surface area contributed by atoms with Crippen LogP contribution in [0.1, 0.15) is 46.8 Å². The van der Waals surface area contributed by atoms with Crippen LogP contribution in [-0.4, -0.2) is 60.5 Å². The van der Waals surface area contributed by atoms with Crippen LogP contribution in [0.15, 0.2) is 66.7 Å². The average Bonchev–Trinajstić information content (AvgIpc) is 2.90. The van der Waals surface area contributed by atoms with Crippen LogP contribution < -0.4 is 10.1 Å². The molecule has 0 saturated heterocycles. The number of hydrogen-bond donors (Lipinski definition) is 2. The fourth-order valence-electron chi connectivity index (χ4n) is 3.94. The van der Waals surface area contributed by atoms with Crippen LogP contribution in [0.3, 0.4) is 0 Å². The van der Waals surface area contributed by atoms with E-state index < -0.39 is 17.9 Å². The van der Waals surface area contributed by atoms with E-state index >= 15 is 0 Å². The Morgan fingerprint density at radius 1 is 0.974 bits per heavy atom. The number of carboxylic acid groups (broad SMARTS) is 1. The molecule has 0 bridgehead atoms. The number of amides is 1. The molecule has 198 valence electrons. The first-order chi connectivity index (χ1) is 17.9. The van der Waals surface area contributed by atoms with Gasteiger partial charge in [0.15, 0.2) is 0 Å². The number of aliphatic carboxylic acids is 1. The zero-order chi connectivity index (χ0) is 26.6. The molecular weight excluding hydrogens is 493 g/mol. The van der Waals surface area contributed by atoms with E-state index in [0.717, 1.165) is 40.0 Å². The molecule has 38 heavy (non-hydrogen) atoms. The van der Waals surface area contributed by atoms with Crippen molar-refractivity contribution >= 4 is 42.5 Å². The Labute approximate surface area is 241 Å². The minimum atomic E-state index is -1.03. The number of ether oxygens (including phenoxy) is 2. The van der Waals surface area contributed by atoms with Gasteiger partial charge in [-0.3, -0.25) is 4.79 Å². The molecule has 0 heterocycles. The van der Waals surface area contributed by atoms with Gasteiger partial charge in [-0.2, -0.15) is 11.8 Å². The summed E-state index contributed by atoms with van der Waals surface area (Å²) in [7, 11) is 0. The Hall–Kier alpha value is -2.69. The summed E-state index contributed by atoms with van der Waals surface area (Å²) >= 11 is 1.55. The van der Waals surface area contributed by atoms with E-state index in [9.17, 15) is 14.7 Å². The maximum absolute atomic E-state index is 13.2. The van der Waals surface area contributed by atoms with E-state index in [0.29, 0.717) is 37.6 Å². The molecule has 1 atom stereocenters. The predicted molar refractivity (Wildman–Crippen MR) is 156 cm³/mol. The summed E-state index contributed by atoms with van der Waals surface area (Å²) in [6, 6.07) is 20.3. The Morgan fingerprint density at radius 2 is 1.71 bits per heavy atom. The summed E-state index contributed by atoms with van der Waals surface area (Å²) in [5.41, 5.74) is 5.08. The molecule has 3 aromatic rings. The molecule has 0 aromatic heterocycles. The van der Waals surface area contributed by atoms with Crippen molar-refractivity contribution in [3.05, 3.63) is 89.0 Å². The van der Waals surface area contributed by atoms with Gasteiger partial charge in [-0.15, -0.1) is 0 Å². The van der Waals surface area contributed by atoms with Gasteiger partial charge in [-0.1, -0.05) is 49.4 Å². The van der Waals surface area contributed by atoms with Gasteiger partial charge >= 0.3 is 24.8 Å². The van der Waals surface area contributed by atoms with Gasteiger partial charge in [0, 0.05) is 5.56 Å². The monoisotopic (exact) mass is 529 g/mol. The number of carbonyl (C=O) groups is 2. The topological polar surface area (TPSA) is 84.9 Å². The average molecular weight is 530 g/mol. The third kappa shape index (κ3) is 9.25. The molecule has 0 aliphatic heterocycles. The Kier molecular flexibility index (Phi) is 13.5. The number of rotatable bonds is 14. The number of carbonyl (C=O) groups excluding carboxylic acids is 1. The van der Waals surface area contributed by atoms with E-state index in [1.165, 1.54) is 0 Å². The third-order valence-corrected chi connectivity index (χ3v) is 6.53. The van der Waals surface area contributed by atoms with E-state index in [1.54, 1.807) is 17.8 Å². The molecule has 2 N–H and O–H groups in total. The van der Waals surface area contributed by atoms with Crippen molar-refractivity contribution in [1.82, 2.24) is 5.32 Å². The molecular formula is C30H36LiNO5S. The fraction of sp³-hybridized carbons (Fsp3) is 0.333. The van der Waals surface area contributed by atoms with Crippen molar-refractivity contribution < 1.29 is 24.2 Å². The Morgan fingerprint density at radius 3 is 2.39 bits per heavy atom. The first-order valence-electron chi connectivity index (χ1n) is 12.4. The van der Waals surface area contributed by atoms with Gasteiger partial charge in [0.25, 0.3) is 5.91 Å². The van der Waals surface area contributed by atoms with Crippen LogP contribution in [0.4, 0.5) is 0 Å². The molecule has 3 aromatic carbocycles. The summed E-state index contributed by atoms with van der Waals surface area (Å²) in [5.74, 6) is 0.0423. The Bertz CT molecular complexity index is 1200. The van der Waals surface area contributed by atoms with Crippen LogP contribution in [0.2, 0.25) is 0 Å². The zero-order valence-electron chi connectivity index (χ0n) is 21.7. The molecule has 0 fully saturated rings. The van der Waals surface area contributed by atoms with E-state index in [1.807, 2.05) is 73.8 Å². The first-order valence-corrected chi connectivity index (χ1v) is 13.8. The second-order valence-electron chi connectivity index (χ2n) is 8.83. The van der Waals surface area contributed by atoms with Crippen LogP contribution in [0.5, 0.6) is 5.75 Å². The fourth-order valence-corrected chi connectivity index (χ4v) is 4.41. The van der Waals surface area contributed by atoms with Crippen molar-refractivity contribution in [2.24, 2.45) is 0 Å². The van der Waals surface area contributed by atoms with Crippen molar-refractivity contribution in [2.75, 3.05) is 18.6 Å². The quantitative estimate of drug-likeness (QED) is 0.270. The van der Waals surface area contributed by atoms with Crippen molar-refractivity contribution in [2.45, 2.75) is 45.9 Å². The SMILES string of the molecule is CCCOc1cccc(COCc2ccc(C(=O)NC(CCSC)C(=O)O)c(-c3ccccc3C)c2)c1.[LiH]. The summed E-state index contributed by atoms with van der Waals surface area (Å²) in [6.07, 6.45) is 3.22. The molecule has 1 unspecified atom stereocenters. The predicted octanol–water partition coefficient (Wildman–Crippen LogP) is 5.46. The van der Waals surface area contributed by atoms with Gasteiger partial charge in [0.1, 0.15) is 11.8 Å². The van der Waals surface area contributed by atoms with Gasteiger partial charge < -0.3 is 19.9 Å². The summed E-state index contributed by atoms with van der Waals surface area (Å²) in [5, 5.41) is 12.3. The zero-order valence-corrected chi connectivity index (χ0v) is 22.5. The van der Waals surface area contributed by atoms with E-state index in [-0.39, 0.29) is 18.9 Å². The summed E-state index contributed by atoms with van der Waals surface area (Å²) < 4.78 is 11.7. The Balaban J connectivity index is 0.00000507. The molecule has 6 nitrogen and oxygen atoms in total. The number of benzene rings is 3. The summed E-state index contributed by atoms with van der Waals surface area (Å²) in [4.78, 5) is 24.9. The van der Waals surface area contributed by atoms with Crippen LogP contribution in [0, 0.1) is 6.92 Å². The van der Waals surface area contributed by atoms with Crippen molar-refractivity contribution in [3.63, 3.8) is 0 Å². The van der Waals surface area contributed by atoms with Crippen molar-refractivity contribution in [3.8, 4) is 16.9 Å². The molecule has 0 aliphatic carbocycles. The summed E-state index contributed by atoms with van der Waals surface area (Å²) in [6.45, 7) is 5.54. The van der Waals surface area contributed by atoms with E-state index in [2.05, 4.69) is 12.2 Å². The third-order valence-electron chi connectivity index (χ3n) is 5.89. The molecule has 0 aliphatic rings. The normalized spacial score (nSPS) is 11.3. The van der Waals surface area contributed by atoms with Gasteiger partial charge in [0.05, 0.1) is 19.8 Å². The first kappa shape index (κ1) is 31.5. The second kappa shape index (κ2) is 16.3. The number of nitrogens with one attached hydrogen (secondary N) is 1. The standard InChI is InChI=1S/C30H35NO5S.Li.H/c1-4-15-36-24-10-7-9-22(17-24)19-35-20-23-12-13-26(27(18-23)25-11-6-5-8-21(25)2)29(32)31-28(30(33)34)14-16-37-3;;/h5-13,17-18,28H,4,14-16,19-20H2,1-3H3,(H,31,32)(H,33,34);;. The molecule has 3 rings (SSSR count). The molecule has 0 saturated carbocycles. The van der Waals surface area contributed by atoms with E-state index in [4.69, 9.17) is 9.47 Å². The number of hydrogen-bond acceptors (Lipinski definition) is 5. The van der Waals surface area contributed by atoms with Gasteiger partial charge in [-0.05, 0) is 83.9 Å². The maximum atomic E-state index is 13.2. The molecule has 8 heteroatoms. The number of thioether (sulfide) groups is 1. The number of carboxylic acids is 1. The van der Waals surface area contributed by atoms with Crippen LogP contribution in [-0.2, 0) is 22.7 Å². The van der Waals surface area contributed by atoms with Gasteiger partial charge in [-0.25, -0.2) is 4.79 Å². The van der Waals surface area contributed by atoms with Gasteiger partial charge in [0.2, 0.25) is 0 Å². The number of aryl methyl sites for hydroxylation is 1. The molecule has 0 spiro atoms. The van der Waals surface area contributed by atoms with Crippen molar-refractivity contribution in [1.29, 1.82) is 0 Å².